The summed E-state index contributed by atoms with van der Waals surface area (Å²) in [5.74, 6) is 0.280. The zero-order valence-corrected chi connectivity index (χ0v) is 24.9. The van der Waals surface area contributed by atoms with Crippen molar-refractivity contribution in [1.82, 2.24) is 14.2 Å². The second kappa shape index (κ2) is 12.0. The third-order valence-electron chi connectivity index (χ3n) is 7.97. The van der Waals surface area contributed by atoms with Crippen molar-refractivity contribution in [2.24, 2.45) is 5.14 Å². The average Bonchev–Trinajstić information content (AvgIpc) is 3.37. The number of sulfonamides is 2. The topological polar surface area (TPSA) is 170 Å². The molecule has 0 aliphatic carbocycles. The van der Waals surface area contributed by atoms with Gasteiger partial charge < -0.3 is 24.5 Å². The van der Waals surface area contributed by atoms with Gasteiger partial charge in [-0.15, -0.1) is 0 Å². The SMILES string of the molecule is CCn1cc(S(=O)(=O)N2CCC3(CC2)C[C@@H](NC[C@H](O)COc2cccc(S(N)(=O)=O)c2)CO3)c(=O)c2ccccc21. The van der Waals surface area contributed by atoms with E-state index in [1.54, 1.807) is 22.8 Å². The van der Waals surface area contributed by atoms with Crippen molar-refractivity contribution in [3.8, 4) is 5.75 Å². The molecular formula is C28H36N4O8S2. The fourth-order valence-electron chi connectivity index (χ4n) is 5.66. The predicted octanol–water partition coefficient (Wildman–Crippen LogP) is 1.01. The number of aryl methyl sites for hydroxylation is 1. The molecule has 42 heavy (non-hydrogen) atoms. The van der Waals surface area contributed by atoms with Gasteiger partial charge in [0.25, 0.3) is 0 Å². The lowest BCUT2D eigenvalue weighted by atomic mass is 9.88. The van der Waals surface area contributed by atoms with Gasteiger partial charge in [-0.25, -0.2) is 22.0 Å². The van der Waals surface area contributed by atoms with Crippen LogP contribution >= 0.6 is 0 Å². The molecule has 1 spiro atoms. The molecule has 0 radical (unpaired) electrons. The van der Waals surface area contributed by atoms with Crippen LogP contribution in [-0.4, -0.2) is 81.4 Å². The molecule has 2 saturated heterocycles. The van der Waals surface area contributed by atoms with E-state index < -0.39 is 37.2 Å². The highest BCUT2D eigenvalue weighted by Gasteiger charge is 2.45. The summed E-state index contributed by atoms with van der Waals surface area (Å²) < 4.78 is 65.0. The van der Waals surface area contributed by atoms with Crippen LogP contribution in [0.15, 0.2) is 69.3 Å². The Balaban J connectivity index is 1.15. The molecule has 2 fully saturated rings. The summed E-state index contributed by atoms with van der Waals surface area (Å²) in [7, 11) is -7.85. The van der Waals surface area contributed by atoms with Crippen LogP contribution in [0.1, 0.15) is 26.2 Å². The largest absolute Gasteiger partial charge is 0.491 e. The number of para-hydroxylation sites is 1. The number of ether oxygens (including phenoxy) is 2. The monoisotopic (exact) mass is 620 g/mol. The molecule has 0 bridgehead atoms. The zero-order valence-electron chi connectivity index (χ0n) is 23.3. The van der Waals surface area contributed by atoms with Crippen molar-refractivity contribution in [1.29, 1.82) is 0 Å². The van der Waals surface area contributed by atoms with Gasteiger partial charge in [0.1, 0.15) is 23.4 Å². The second-order valence-electron chi connectivity index (χ2n) is 10.8. The summed E-state index contributed by atoms with van der Waals surface area (Å²) in [6.07, 6.45) is 2.23. The Morgan fingerprint density at radius 3 is 2.60 bits per heavy atom. The predicted molar refractivity (Wildman–Crippen MR) is 156 cm³/mol. The number of primary sulfonamides is 1. The Hall–Kier alpha value is -2.85. The summed E-state index contributed by atoms with van der Waals surface area (Å²) in [5, 5.41) is 19.2. The number of nitrogens with two attached hydrogens (primary N) is 1. The molecular weight excluding hydrogens is 584 g/mol. The zero-order chi connectivity index (χ0) is 30.1. The van der Waals surface area contributed by atoms with E-state index >= 15 is 0 Å². The molecule has 0 saturated carbocycles. The first kappa shape index (κ1) is 30.6. The van der Waals surface area contributed by atoms with Crippen LogP contribution < -0.4 is 20.6 Å². The molecule has 3 aromatic rings. The third-order valence-corrected chi connectivity index (χ3v) is 10.8. The summed E-state index contributed by atoms with van der Waals surface area (Å²) in [6.45, 7) is 3.50. The van der Waals surface area contributed by atoms with Crippen molar-refractivity contribution in [2.75, 3.05) is 32.8 Å². The number of aliphatic hydroxyl groups excluding tert-OH is 1. The maximum absolute atomic E-state index is 13.6. The van der Waals surface area contributed by atoms with E-state index in [1.807, 2.05) is 19.1 Å². The van der Waals surface area contributed by atoms with Crippen LogP contribution in [0.3, 0.4) is 0 Å². The van der Waals surface area contributed by atoms with E-state index in [0.29, 0.717) is 43.3 Å². The number of fused-ring (bicyclic) bond motifs is 1. The first-order valence-corrected chi connectivity index (χ1v) is 16.8. The van der Waals surface area contributed by atoms with E-state index in [4.69, 9.17) is 14.6 Å². The Morgan fingerprint density at radius 1 is 1.14 bits per heavy atom. The van der Waals surface area contributed by atoms with E-state index in [2.05, 4.69) is 5.32 Å². The molecule has 2 atom stereocenters. The summed E-state index contributed by atoms with van der Waals surface area (Å²) in [4.78, 5) is 12.9. The quantitative estimate of drug-likeness (QED) is 0.299. The number of piperidine rings is 1. The van der Waals surface area contributed by atoms with Crippen LogP contribution in [0.4, 0.5) is 0 Å². The molecule has 2 aromatic carbocycles. The van der Waals surface area contributed by atoms with Gasteiger partial charge in [-0.3, -0.25) is 4.79 Å². The molecule has 4 N–H and O–H groups in total. The summed E-state index contributed by atoms with van der Waals surface area (Å²) in [6, 6.07) is 12.7. The highest BCUT2D eigenvalue weighted by molar-refractivity contribution is 7.89. The van der Waals surface area contributed by atoms with Crippen LogP contribution in [0.5, 0.6) is 5.75 Å². The molecule has 228 valence electrons. The number of nitrogens with zero attached hydrogens (tertiary/aromatic N) is 2. The number of rotatable bonds is 10. The lowest BCUT2D eigenvalue weighted by Gasteiger charge is -2.38. The first-order chi connectivity index (χ1) is 19.9. The van der Waals surface area contributed by atoms with Gasteiger partial charge in [0.2, 0.25) is 25.5 Å². The third kappa shape index (κ3) is 6.39. The van der Waals surface area contributed by atoms with Gasteiger partial charge in [0, 0.05) is 49.9 Å². The lowest BCUT2D eigenvalue weighted by molar-refractivity contribution is -0.0312. The van der Waals surface area contributed by atoms with Gasteiger partial charge >= 0.3 is 0 Å². The van der Waals surface area contributed by atoms with Gasteiger partial charge in [-0.2, -0.15) is 4.31 Å². The molecule has 3 heterocycles. The van der Waals surface area contributed by atoms with Crippen molar-refractivity contribution in [2.45, 2.75) is 60.3 Å². The number of pyridine rings is 1. The van der Waals surface area contributed by atoms with Gasteiger partial charge in [0.05, 0.1) is 22.6 Å². The van der Waals surface area contributed by atoms with Crippen molar-refractivity contribution >= 4 is 30.9 Å². The van der Waals surface area contributed by atoms with E-state index in [0.717, 1.165) is 0 Å². The van der Waals surface area contributed by atoms with Gasteiger partial charge in [-0.1, -0.05) is 18.2 Å². The molecule has 5 rings (SSSR count). The van der Waals surface area contributed by atoms with E-state index in [-0.39, 0.29) is 47.8 Å². The van der Waals surface area contributed by atoms with Crippen molar-refractivity contribution in [3.05, 3.63) is 65.0 Å². The highest BCUT2D eigenvalue weighted by atomic mass is 32.2. The standard InChI is InChI=1S/C28H36N4O8S2/c1-2-31-17-26(27(34)24-8-3-4-9-25(24)31)42(37,38)32-12-10-28(11-13-32)15-20(18-40-28)30-16-21(33)19-39-22-6-5-7-23(14-22)41(29,35)36/h3-9,14,17,20-21,30,33H,2,10-13,15-16,18-19H2,1H3,(H2,29,35,36)/t20-,21+/m1/s1. The Morgan fingerprint density at radius 2 is 1.88 bits per heavy atom. The maximum atomic E-state index is 13.6. The molecule has 2 aliphatic rings. The van der Waals surface area contributed by atoms with Gasteiger partial charge in [0.15, 0.2) is 0 Å². The van der Waals surface area contributed by atoms with Crippen LogP contribution in [0, 0.1) is 0 Å². The first-order valence-electron chi connectivity index (χ1n) is 13.9. The minimum atomic E-state index is -4.00. The fraction of sp³-hybridized carbons (Fsp3) is 0.464. The molecule has 2 aliphatic heterocycles. The summed E-state index contributed by atoms with van der Waals surface area (Å²) in [5.41, 5.74) is -0.268. The minimum Gasteiger partial charge on any atom is -0.491 e. The summed E-state index contributed by atoms with van der Waals surface area (Å²) >= 11 is 0. The maximum Gasteiger partial charge on any atom is 0.248 e. The Labute approximate surface area is 245 Å². The highest BCUT2D eigenvalue weighted by Crippen LogP contribution is 2.37. The molecule has 14 heteroatoms. The van der Waals surface area contributed by atoms with E-state index in [9.17, 15) is 26.7 Å². The normalized spacial score (nSPS) is 20.2. The van der Waals surface area contributed by atoms with Crippen LogP contribution in [0.25, 0.3) is 10.9 Å². The minimum absolute atomic E-state index is 0.0363. The number of hydrogen-bond donors (Lipinski definition) is 3. The van der Waals surface area contributed by atoms with E-state index in [1.165, 1.54) is 28.7 Å². The molecule has 0 unspecified atom stereocenters. The second-order valence-corrected chi connectivity index (χ2v) is 14.3. The average molecular weight is 621 g/mol. The van der Waals surface area contributed by atoms with Crippen LogP contribution in [-0.2, 0) is 31.3 Å². The number of hydrogen-bond acceptors (Lipinski definition) is 9. The Kier molecular flexibility index (Phi) is 8.77. The van der Waals surface area contributed by atoms with Crippen molar-refractivity contribution in [3.63, 3.8) is 0 Å². The number of aromatic nitrogens is 1. The van der Waals surface area contributed by atoms with Crippen molar-refractivity contribution < 1.29 is 31.4 Å². The number of nitrogens with one attached hydrogen (secondary N) is 1. The number of aliphatic hydroxyl groups is 1. The smallest absolute Gasteiger partial charge is 0.248 e. The van der Waals surface area contributed by atoms with Crippen LogP contribution in [0.2, 0.25) is 0 Å². The lowest BCUT2D eigenvalue weighted by Crippen LogP contribution is -2.47. The van der Waals surface area contributed by atoms with Gasteiger partial charge in [-0.05, 0) is 50.5 Å². The Bertz CT molecular complexity index is 1720. The number of benzene rings is 2. The molecule has 1 aromatic heterocycles. The fourth-order valence-corrected chi connectivity index (χ4v) is 7.75. The molecule has 12 nitrogen and oxygen atoms in total. The molecule has 0 amide bonds.